The van der Waals surface area contributed by atoms with E-state index in [0.29, 0.717) is 18.3 Å². The number of carbonyl (C=O) groups excluding carboxylic acids is 2. The van der Waals surface area contributed by atoms with Crippen molar-refractivity contribution in [1.29, 1.82) is 0 Å². The van der Waals surface area contributed by atoms with Gasteiger partial charge in [0.1, 0.15) is 12.1 Å². The Kier molecular flexibility index (Phi) is 3.71. The van der Waals surface area contributed by atoms with Crippen LogP contribution in [-0.2, 0) is 4.79 Å². The van der Waals surface area contributed by atoms with Crippen LogP contribution in [-0.4, -0.2) is 76.1 Å². The van der Waals surface area contributed by atoms with Crippen molar-refractivity contribution in [1.82, 2.24) is 30.1 Å². The lowest BCUT2D eigenvalue weighted by atomic mass is 10.0. The summed E-state index contributed by atoms with van der Waals surface area (Å²) in [6, 6.07) is 1.65. The highest BCUT2D eigenvalue weighted by molar-refractivity contribution is 5.96. The number of fused-ring (bicyclic) bond motifs is 2. The highest BCUT2D eigenvalue weighted by Gasteiger charge is 2.44. The zero-order chi connectivity index (χ0) is 18.5. The zero-order valence-corrected chi connectivity index (χ0v) is 15.1. The second-order valence-corrected chi connectivity index (χ2v) is 7.59. The van der Waals surface area contributed by atoms with E-state index in [4.69, 9.17) is 0 Å². The molecule has 3 aliphatic rings. The normalized spacial score (nSPS) is 28.7. The molecular weight excluding hydrogens is 346 g/mol. The lowest BCUT2D eigenvalue weighted by Gasteiger charge is -2.35. The monoisotopic (exact) mass is 367 g/mol. The van der Waals surface area contributed by atoms with E-state index in [2.05, 4.69) is 30.1 Å². The summed E-state index contributed by atoms with van der Waals surface area (Å²) in [7, 11) is 1.52. The Balaban J connectivity index is 1.30. The topological polar surface area (TPSA) is 94.6 Å². The molecular formula is C18H21N7O2. The predicted molar refractivity (Wildman–Crippen MR) is 97.8 cm³/mol. The Morgan fingerprint density at radius 1 is 1.11 bits per heavy atom. The molecule has 3 unspecified atom stereocenters. The summed E-state index contributed by atoms with van der Waals surface area (Å²) >= 11 is 0. The van der Waals surface area contributed by atoms with Crippen LogP contribution < -0.4 is 10.2 Å². The number of urea groups is 1. The highest BCUT2D eigenvalue weighted by atomic mass is 16.2. The quantitative estimate of drug-likeness (QED) is 0.815. The molecule has 0 aliphatic carbocycles. The number of nitrogens with zero attached hydrogens (tertiary/aromatic N) is 6. The van der Waals surface area contributed by atoms with Crippen molar-refractivity contribution in [3.05, 3.63) is 24.8 Å². The van der Waals surface area contributed by atoms with Gasteiger partial charge in [0.05, 0.1) is 24.3 Å². The van der Waals surface area contributed by atoms with Crippen LogP contribution in [0.3, 0.4) is 0 Å². The van der Waals surface area contributed by atoms with Gasteiger partial charge in [-0.25, -0.2) is 14.8 Å². The molecule has 0 spiro atoms. The number of hydrogen-bond acceptors (Lipinski definition) is 7. The third-order valence-corrected chi connectivity index (χ3v) is 6.01. The SMILES string of the molecule is CN1C(=O)CC(N2CC3CN(c4ncnc5cnccc45)CC3C2)NC1=O. The number of likely N-dealkylation sites (tertiary alicyclic amines) is 1. The van der Waals surface area contributed by atoms with E-state index >= 15 is 0 Å². The number of imide groups is 1. The minimum atomic E-state index is -0.309. The molecule has 5 heterocycles. The highest BCUT2D eigenvalue weighted by Crippen LogP contribution is 2.36. The first-order valence-electron chi connectivity index (χ1n) is 9.21. The van der Waals surface area contributed by atoms with Crippen molar-refractivity contribution in [3.63, 3.8) is 0 Å². The van der Waals surface area contributed by atoms with Crippen LogP contribution in [0.2, 0.25) is 0 Å². The second-order valence-electron chi connectivity index (χ2n) is 7.59. The van der Waals surface area contributed by atoms with Gasteiger partial charge in [-0.15, -0.1) is 0 Å². The van der Waals surface area contributed by atoms with Crippen molar-refractivity contribution < 1.29 is 9.59 Å². The molecule has 2 aromatic heterocycles. The number of carbonyl (C=O) groups is 2. The molecule has 0 saturated carbocycles. The molecule has 140 valence electrons. The molecule has 0 bridgehead atoms. The van der Waals surface area contributed by atoms with Gasteiger partial charge < -0.3 is 10.2 Å². The lowest BCUT2D eigenvalue weighted by molar-refractivity contribution is -0.130. The third-order valence-electron chi connectivity index (χ3n) is 6.01. The number of anilines is 1. The van der Waals surface area contributed by atoms with Gasteiger partial charge in [0.15, 0.2) is 0 Å². The lowest BCUT2D eigenvalue weighted by Crippen LogP contribution is -2.59. The number of aromatic nitrogens is 3. The summed E-state index contributed by atoms with van der Waals surface area (Å²) in [6.07, 6.45) is 5.28. The number of pyridine rings is 1. The van der Waals surface area contributed by atoms with Gasteiger partial charge in [0.2, 0.25) is 5.91 Å². The number of amides is 3. The molecule has 3 aliphatic heterocycles. The second kappa shape index (κ2) is 6.12. The van der Waals surface area contributed by atoms with Crippen LogP contribution in [0.5, 0.6) is 0 Å². The van der Waals surface area contributed by atoms with E-state index in [-0.39, 0.29) is 18.1 Å². The fraction of sp³-hybridized carbons (Fsp3) is 0.500. The van der Waals surface area contributed by atoms with Crippen molar-refractivity contribution >= 4 is 28.7 Å². The number of rotatable bonds is 2. The Morgan fingerprint density at radius 3 is 2.63 bits per heavy atom. The summed E-state index contributed by atoms with van der Waals surface area (Å²) in [5.74, 6) is 1.85. The van der Waals surface area contributed by atoms with Crippen molar-refractivity contribution in [3.8, 4) is 0 Å². The van der Waals surface area contributed by atoms with E-state index in [0.717, 1.165) is 47.8 Å². The maximum atomic E-state index is 12.0. The minimum Gasteiger partial charge on any atom is -0.355 e. The molecule has 5 rings (SSSR count). The summed E-state index contributed by atoms with van der Waals surface area (Å²) in [6.45, 7) is 3.61. The molecule has 0 radical (unpaired) electrons. The molecule has 3 atom stereocenters. The van der Waals surface area contributed by atoms with Crippen LogP contribution in [0, 0.1) is 11.8 Å². The van der Waals surface area contributed by atoms with E-state index in [1.54, 1.807) is 18.7 Å². The number of hydrogen-bond donors (Lipinski definition) is 1. The molecule has 2 aromatic rings. The first kappa shape index (κ1) is 16.4. The third kappa shape index (κ3) is 2.69. The predicted octanol–water partition coefficient (Wildman–Crippen LogP) is 0.291. The summed E-state index contributed by atoms with van der Waals surface area (Å²) in [5, 5.41) is 3.97. The Morgan fingerprint density at radius 2 is 1.89 bits per heavy atom. The average molecular weight is 367 g/mol. The van der Waals surface area contributed by atoms with Crippen LogP contribution in [0.1, 0.15) is 6.42 Å². The van der Waals surface area contributed by atoms with Gasteiger partial charge in [0, 0.05) is 44.8 Å². The Bertz CT molecular complexity index is 882. The zero-order valence-electron chi connectivity index (χ0n) is 15.1. The van der Waals surface area contributed by atoms with Crippen LogP contribution in [0.4, 0.5) is 10.6 Å². The van der Waals surface area contributed by atoms with Crippen molar-refractivity contribution in [2.45, 2.75) is 12.6 Å². The Labute approximate surface area is 156 Å². The molecule has 3 fully saturated rings. The first-order chi connectivity index (χ1) is 13.1. The van der Waals surface area contributed by atoms with Crippen LogP contribution >= 0.6 is 0 Å². The molecule has 9 heteroatoms. The smallest absolute Gasteiger partial charge is 0.325 e. The van der Waals surface area contributed by atoms with Gasteiger partial charge in [-0.3, -0.25) is 19.6 Å². The summed E-state index contributed by atoms with van der Waals surface area (Å²) in [5.41, 5.74) is 0.855. The largest absolute Gasteiger partial charge is 0.355 e. The molecule has 1 N–H and O–H groups in total. The molecule has 3 saturated heterocycles. The Hall–Kier alpha value is -2.81. The van der Waals surface area contributed by atoms with E-state index in [1.807, 2.05) is 6.07 Å². The van der Waals surface area contributed by atoms with Crippen molar-refractivity contribution in [2.24, 2.45) is 11.8 Å². The van der Waals surface area contributed by atoms with Gasteiger partial charge >= 0.3 is 6.03 Å². The summed E-state index contributed by atoms with van der Waals surface area (Å²) < 4.78 is 0. The molecule has 0 aromatic carbocycles. The number of nitrogens with one attached hydrogen (secondary N) is 1. The fourth-order valence-corrected chi connectivity index (χ4v) is 4.53. The fourth-order valence-electron chi connectivity index (χ4n) is 4.53. The minimum absolute atomic E-state index is 0.122. The molecule has 3 amide bonds. The van der Waals surface area contributed by atoms with E-state index in [9.17, 15) is 9.59 Å². The van der Waals surface area contributed by atoms with Crippen molar-refractivity contribution in [2.75, 3.05) is 38.1 Å². The first-order valence-corrected chi connectivity index (χ1v) is 9.21. The standard InChI is InChI=1S/C18H21N7O2/c1-23-16(26)4-15(22-18(23)27)24-6-11-8-25(9-12(11)7-24)17-13-2-3-19-5-14(13)20-10-21-17/h2-3,5,10-12,15H,4,6-9H2,1H3,(H,22,27). The van der Waals surface area contributed by atoms with Gasteiger partial charge in [-0.2, -0.15) is 0 Å². The van der Waals surface area contributed by atoms with Gasteiger partial charge in [0.25, 0.3) is 0 Å². The molecule has 9 nitrogen and oxygen atoms in total. The van der Waals surface area contributed by atoms with Crippen LogP contribution in [0.25, 0.3) is 10.9 Å². The maximum Gasteiger partial charge on any atom is 0.325 e. The average Bonchev–Trinajstić information content (AvgIpc) is 3.24. The summed E-state index contributed by atoms with van der Waals surface area (Å²) in [4.78, 5) is 42.6. The van der Waals surface area contributed by atoms with Gasteiger partial charge in [-0.05, 0) is 17.9 Å². The molecule has 27 heavy (non-hydrogen) atoms. The van der Waals surface area contributed by atoms with Crippen LogP contribution in [0.15, 0.2) is 24.8 Å². The van der Waals surface area contributed by atoms with Gasteiger partial charge in [-0.1, -0.05) is 0 Å². The van der Waals surface area contributed by atoms with E-state index in [1.165, 1.54) is 7.05 Å². The van der Waals surface area contributed by atoms with E-state index < -0.39 is 0 Å². The maximum absolute atomic E-state index is 12.0.